The lowest BCUT2D eigenvalue weighted by Crippen LogP contribution is -2.46. The lowest BCUT2D eigenvalue weighted by atomic mass is 9.81. The van der Waals surface area contributed by atoms with E-state index in [9.17, 15) is 4.79 Å². The van der Waals surface area contributed by atoms with E-state index in [-0.39, 0.29) is 11.8 Å². The van der Waals surface area contributed by atoms with Gasteiger partial charge in [-0.25, -0.2) is 4.98 Å². The zero-order chi connectivity index (χ0) is 22.8. The number of rotatable bonds is 5. The maximum Gasteiger partial charge on any atom is 0.228 e. The number of amides is 1. The first-order valence-corrected chi connectivity index (χ1v) is 12.8. The van der Waals surface area contributed by atoms with Gasteiger partial charge in [0, 0.05) is 55.8 Å². The third-order valence-corrected chi connectivity index (χ3v) is 7.96. The van der Waals surface area contributed by atoms with Crippen LogP contribution in [-0.2, 0) is 4.79 Å². The summed E-state index contributed by atoms with van der Waals surface area (Å²) in [7, 11) is 2.20. The van der Waals surface area contributed by atoms with Crippen LogP contribution in [0.5, 0.6) is 0 Å². The van der Waals surface area contributed by atoms with Crippen LogP contribution < -0.4 is 5.32 Å². The Hall–Kier alpha value is -2.42. The van der Waals surface area contributed by atoms with Crippen LogP contribution in [0, 0.1) is 18.8 Å². The third-order valence-electron chi connectivity index (χ3n) is 7.08. The molecule has 5 rings (SSSR count). The van der Waals surface area contributed by atoms with E-state index in [1.165, 1.54) is 32.7 Å². The number of fused-ring (bicyclic) bond motifs is 1. The zero-order valence-corrected chi connectivity index (χ0v) is 20.3. The van der Waals surface area contributed by atoms with Crippen molar-refractivity contribution in [2.75, 3.05) is 45.1 Å². The summed E-state index contributed by atoms with van der Waals surface area (Å²) in [6.45, 7) is 7.82. The zero-order valence-electron chi connectivity index (χ0n) is 19.5. The van der Waals surface area contributed by atoms with Gasteiger partial charge in [0.25, 0.3) is 0 Å². The van der Waals surface area contributed by atoms with Gasteiger partial charge in [0.05, 0.1) is 0 Å². The van der Waals surface area contributed by atoms with Crippen LogP contribution in [0.4, 0.5) is 5.82 Å². The van der Waals surface area contributed by atoms with Crippen LogP contribution in [0.25, 0.3) is 21.3 Å². The fourth-order valence-electron chi connectivity index (χ4n) is 4.99. The van der Waals surface area contributed by atoms with Gasteiger partial charge in [-0.3, -0.25) is 4.79 Å². The molecule has 8 heteroatoms. The van der Waals surface area contributed by atoms with E-state index in [1.807, 2.05) is 31.3 Å². The first kappa shape index (κ1) is 22.4. The van der Waals surface area contributed by atoms with E-state index in [0.717, 1.165) is 58.0 Å². The van der Waals surface area contributed by atoms with Crippen molar-refractivity contribution in [2.24, 2.45) is 11.8 Å². The van der Waals surface area contributed by atoms with Crippen molar-refractivity contribution in [3.8, 4) is 10.6 Å². The highest BCUT2D eigenvalue weighted by Gasteiger charge is 2.28. The number of hydrogen-bond donors (Lipinski definition) is 1. The average molecular weight is 465 g/mol. The summed E-state index contributed by atoms with van der Waals surface area (Å²) in [6.07, 6.45) is 6.05. The van der Waals surface area contributed by atoms with E-state index in [0.29, 0.717) is 5.82 Å². The van der Waals surface area contributed by atoms with Crippen molar-refractivity contribution in [3.63, 3.8) is 0 Å². The molecule has 33 heavy (non-hydrogen) atoms. The Morgan fingerprint density at radius 2 is 1.85 bits per heavy atom. The number of benzene rings is 1. The molecule has 1 aliphatic carbocycles. The standard InChI is InChI=1S/C25H32N6OS/c1-17-28-29-25(33-17)20-7-8-21-15-26-23(14-22(21)13-20)27-24(32)19-5-3-18(4-6-19)16-31-11-9-30(2)10-12-31/h7-8,13-15,18-19H,3-6,9-12,16H2,1-2H3,(H,26,27,32). The number of aryl methyl sites for hydroxylation is 1. The molecule has 0 radical (unpaired) electrons. The first-order valence-electron chi connectivity index (χ1n) is 12.0. The molecular formula is C25H32N6OS. The van der Waals surface area contributed by atoms with E-state index in [4.69, 9.17) is 0 Å². The summed E-state index contributed by atoms with van der Waals surface area (Å²) >= 11 is 1.58. The third kappa shape index (κ3) is 5.39. The molecule has 1 saturated carbocycles. The van der Waals surface area contributed by atoms with Crippen LogP contribution in [0.3, 0.4) is 0 Å². The molecule has 0 unspecified atom stereocenters. The number of hydrogen-bond acceptors (Lipinski definition) is 7. The molecule has 2 aromatic heterocycles. The van der Waals surface area contributed by atoms with Crippen molar-refractivity contribution >= 4 is 33.8 Å². The SMILES string of the molecule is Cc1nnc(-c2ccc3cnc(NC(=O)C4CCC(CN5CCN(C)CC5)CC4)cc3c2)s1. The molecular weight excluding hydrogens is 432 g/mol. The minimum absolute atomic E-state index is 0.0851. The molecule has 7 nitrogen and oxygen atoms in total. The second-order valence-electron chi connectivity index (χ2n) is 9.57. The summed E-state index contributed by atoms with van der Waals surface area (Å²) in [5.41, 5.74) is 1.04. The van der Waals surface area contributed by atoms with E-state index in [1.54, 1.807) is 11.3 Å². The molecule has 2 fully saturated rings. The maximum atomic E-state index is 12.9. The Morgan fingerprint density at radius 1 is 1.06 bits per heavy atom. The molecule has 174 valence electrons. The number of pyridine rings is 1. The number of carbonyl (C=O) groups is 1. The van der Waals surface area contributed by atoms with Gasteiger partial charge in [-0.05, 0) is 63.1 Å². The van der Waals surface area contributed by atoms with E-state index in [2.05, 4.69) is 43.4 Å². The molecule has 1 saturated heterocycles. The van der Waals surface area contributed by atoms with Gasteiger partial charge in [-0.1, -0.05) is 23.5 Å². The second kappa shape index (κ2) is 9.83. The lowest BCUT2D eigenvalue weighted by Gasteiger charge is -2.36. The fourth-order valence-corrected chi connectivity index (χ4v) is 5.67. The lowest BCUT2D eigenvalue weighted by molar-refractivity contribution is -0.121. The predicted octanol–water partition coefficient (Wildman–Crippen LogP) is 4.05. The molecule has 1 amide bonds. The van der Waals surface area contributed by atoms with Crippen LogP contribution in [0.15, 0.2) is 30.5 Å². The summed E-state index contributed by atoms with van der Waals surface area (Å²) in [4.78, 5) is 22.4. The predicted molar refractivity (Wildman–Crippen MR) is 133 cm³/mol. The minimum Gasteiger partial charge on any atom is -0.310 e. The normalized spacial score (nSPS) is 22.5. The van der Waals surface area contributed by atoms with Gasteiger partial charge >= 0.3 is 0 Å². The Labute approximate surface area is 199 Å². The number of nitrogens with zero attached hydrogens (tertiary/aromatic N) is 5. The quantitative estimate of drug-likeness (QED) is 0.614. The Bertz CT molecular complexity index is 1120. The summed E-state index contributed by atoms with van der Waals surface area (Å²) in [5, 5.41) is 15.4. The Kier molecular flexibility index (Phi) is 6.66. The Balaban J connectivity index is 1.18. The molecule has 0 bridgehead atoms. The average Bonchev–Trinajstić information content (AvgIpc) is 3.27. The summed E-state index contributed by atoms with van der Waals surface area (Å²) in [5.74, 6) is 1.54. The highest BCUT2D eigenvalue weighted by Crippen LogP contribution is 2.31. The number of piperazine rings is 1. The van der Waals surface area contributed by atoms with E-state index < -0.39 is 0 Å². The number of aromatic nitrogens is 3. The summed E-state index contributed by atoms with van der Waals surface area (Å²) in [6, 6.07) is 8.14. The van der Waals surface area contributed by atoms with Gasteiger partial charge in [0.1, 0.15) is 15.8 Å². The molecule has 1 aliphatic heterocycles. The highest BCUT2D eigenvalue weighted by atomic mass is 32.1. The van der Waals surface area contributed by atoms with Crippen LogP contribution >= 0.6 is 11.3 Å². The Morgan fingerprint density at radius 3 is 2.58 bits per heavy atom. The van der Waals surface area contributed by atoms with Gasteiger partial charge in [-0.15, -0.1) is 10.2 Å². The van der Waals surface area contributed by atoms with Crippen molar-refractivity contribution < 1.29 is 4.79 Å². The van der Waals surface area contributed by atoms with Crippen LogP contribution in [0.1, 0.15) is 30.7 Å². The summed E-state index contributed by atoms with van der Waals surface area (Å²) < 4.78 is 0. The first-order chi connectivity index (χ1) is 16.0. The van der Waals surface area contributed by atoms with Gasteiger partial charge in [0.15, 0.2) is 0 Å². The largest absolute Gasteiger partial charge is 0.310 e. The molecule has 3 heterocycles. The molecule has 0 spiro atoms. The minimum atomic E-state index is 0.0851. The van der Waals surface area contributed by atoms with Crippen molar-refractivity contribution in [1.82, 2.24) is 25.0 Å². The fraction of sp³-hybridized carbons (Fsp3) is 0.520. The number of carbonyl (C=O) groups excluding carboxylic acids is 1. The molecule has 2 aliphatic rings. The molecule has 3 aromatic rings. The van der Waals surface area contributed by atoms with Crippen LogP contribution in [-0.4, -0.2) is 70.7 Å². The van der Waals surface area contributed by atoms with Gasteiger partial charge in [0.2, 0.25) is 5.91 Å². The van der Waals surface area contributed by atoms with Crippen molar-refractivity contribution in [1.29, 1.82) is 0 Å². The molecule has 1 aromatic carbocycles. The number of likely N-dealkylation sites (N-methyl/N-ethyl adjacent to an activating group) is 1. The number of nitrogens with one attached hydrogen (secondary N) is 1. The van der Waals surface area contributed by atoms with E-state index >= 15 is 0 Å². The topological polar surface area (TPSA) is 74.2 Å². The number of anilines is 1. The monoisotopic (exact) mass is 464 g/mol. The van der Waals surface area contributed by atoms with Gasteiger partial charge < -0.3 is 15.1 Å². The van der Waals surface area contributed by atoms with Crippen molar-refractivity contribution in [2.45, 2.75) is 32.6 Å². The van der Waals surface area contributed by atoms with Gasteiger partial charge in [-0.2, -0.15) is 0 Å². The van der Waals surface area contributed by atoms with Crippen LogP contribution in [0.2, 0.25) is 0 Å². The smallest absolute Gasteiger partial charge is 0.228 e. The molecule has 0 atom stereocenters. The second-order valence-corrected chi connectivity index (χ2v) is 10.8. The maximum absolute atomic E-state index is 12.9. The molecule has 1 N–H and O–H groups in total. The van der Waals surface area contributed by atoms with Crippen molar-refractivity contribution in [3.05, 3.63) is 35.5 Å². The highest BCUT2D eigenvalue weighted by molar-refractivity contribution is 7.14.